The van der Waals surface area contributed by atoms with Crippen LogP contribution in [0.5, 0.6) is 0 Å². The van der Waals surface area contributed by atoms with Crippen molar-refractivity contribution in [2.75, 3.05) is 49.4 Å². The Morgan fingerprint density at radius 3 is 1.46 bits per heavy atom. The van der Waals surface area contributed by atoms with E-state index in [1.807, 2.05) is 0 Å². The van der Waals surface area contributed by atoms with Crippen LogP contribution in [0.25, 0.3) is 0 Å². The van der Waals surface area contributed by atoms with Gasteiger partial charge in [0.15, 0.2) is 6.10 Å². The summed E-state index contributed by atoms with van der Waals surface area (Å²) in [4.78, 5) is 25.0. The molecule has 1 fully saturated rings. The lowest BCUT2D eigenvalue weighted by molar-refractivity contribution is -0.161. The quantitative estimate of drug-likeness (QED) is 0.0371. The van der Waals surface area contributed by atoms with Crippen LogP contribution in [0.3, 0.4) is 0 Å². The molecule has 8 nitrogen and oxygen atoms in total. The predicted octanol–water partition coefficient (Wildman–Crippen LogP) is 11.8. The average Bonchev–Trinajstić information content (AvgIpc) is 3.55. The van der Waals surface area contributed by atoms with Crippen molar-refractivity contribution in [1.29, 1.82) is 0 Å². The summed E-state index contributed by atoms with van der Waals surface area (Å²) in [5, 5.41) is 2.72. The van der Waals surface area contributed by atoms with Crippen LogP contribution in [0.15, 0.2) is 0 Å². The highest BCUT2D eigenvalue weighted by atomic mass is 32.2. The molecule has 0 aromatic heterocycles. The zero-order valence-corrected chi connectivity index (χ0v) is 34.8. The van der Waals surface area contributed by atoms with E-state index in [0.717, 1.165) is 38.5 Å². The number of ether oxygens (including phenoxy) is 2. The molecule has 2 unspecified atom stereocenters. The Morgan fingerprint density at radius 1 is 0.600 bits per heavy atom. The lowest BCUT2D eigenvalue weighted by Gasteiger charge is -2.20. The van der Waals surface area contributed by atoms with Gasteiger partial charge >= 0.3 is 19.7 Å². The summed E-state index contributed by atoms with van der Waals surface area (Å²) in [7, 11) is -3.40. The highest BCUT2D eigenvalue weighted by Crippen LogP contribution is 2.46. The van der Waals surface area contributed by atoms with Crippen LogP contribution in [-0.2, 0) is 32.7 Å². The second-order valence-corrected chi connectivity index (χ2v) is 18.1. The number of hydrogen-bond donors (Lipinski definition) is 1. The number of rotatable bonds is 38. The van der Waals surface area contributed by atoms with Crippen molar-refractivity contribution in [3.63, 3.8) is 0 Å². The fourth-order valence-corrected chi connectivity index (χ4v) is 9.17. The molecule has 1 rings (SSSR count). The van der Waals surface area contributed by atoms with Crippen LogP contribution < -0.4 is 5.09 Å². The molecule has 296 valence electrons. The molecule has 1 aliphatic rings. The van der Waals surface area contributed by atoms with Gasteiger partial charge < -0.3 is 9.47 Å². The van der Waals surface area contributed by atoms with Gasteiger partial charge in [-0.05, 0) is 61.5 Å². The van der Waals surface area contributed by atoms with E-state index in [1.54, 1.807) is 0 Å². The summed E-state index contributed by atoms with van der Waals surface area (Å²) in [6.07, 6.45) is 29.4. The number of hydrogen-bond acceptors (Lipinski definition) is 9. The number of carbonyl (C=O) groups is 2. The number of unbranched alkanes of at least 4 members (excludes halogenated alkanes) is 20. The highest BCUT2D eigenvalue weighted by Gasteiger charge is 2.31. The van der Waals surface area contributed by atoms with Crippen molar-refractivity contribution in [3.05, 3.63) is 0 Å². The smallest absolute Gasteiger partial charge is 0.405 e. The zero-order valence-electron chi connectivity index (χ0n) is 32.2. The summed E-state index contributed by atoms with van der Waals surface area (Å²) in [6.45, 7) is 4.99. The first-order valence-electron chi connectivity index (χ1n) is 20.6. The lowest BCUT2D eigenvalue weighted by Crippen LogP contribution is -2.30. The Hall–Kier alpha value is -0.250. The average molecular weight is 766 g/mol. The molecule has 0 saturated carbocycles. The van der Waals surface area contributed by atoms with E-state index in [0.29, 0.717) is 26.0 Å². The van der Waals surface area contributed by atoms with Gasteiger partial charge in [0.05, 0.1) is 13.2 Å². The van der Waals surface area contributed by atoms with Gasteiger partial charge in [-0.2, -0.15) is 23.5 Å². The van der Waals surface area contributed by atoms with Gasteiger partial charge in [-0.25, -0.2) is 9.65 Å². The van der Waals surface area contributed by atoms with E-state index in [9.17, 15) is 14.2 Å². The Morgan fingerprint density at radius 2 is 1.02 bits per heavy atom. The van der Waals surface area contributed by atoms with Gasteiger partial charge in [0.25, 0.3) is 0 Å². The Balaban J connectivity index is 2.11. The summed E-state index contributed by atoms with van der Waals surface area (Å²) < 4.78 is 34.2. The molecule has 1 N–H and O–H groups in total. The molecular formula is C39H76NO7PS2. The summed E-state index contributed by atoms with van der Waals surface area (Å²) in [6, 6.07) is 0. The minimum atomic E-state index is -3.40. The van der Waals surface area contributed by atoms with E-state index < -0.39 is 13.9 Å². The van der Waals surface area contributed by atoms with Gasteiger partial charge in [0.1, 0.15) is 6.61 Å². The molecule has 0 amide bonds. The van der Waals surface area contributed by atoms with Crippen molar-refractivity contribution in [2.45, 2.75) is 187 Å². The second kappa shape index (κ2) is 35.8. The van der Waals surface area contributed by atoms with Crippen molar-refractivity contribution < 1.29 is 32.7 Å². The van der Waals surface area contributed by atoms with Crippen molar-refractivity contribution >= 4 is 43.2 Å². The van der Waals surface area contributed by atoms with E-state index in [4.69, 9.17) is 18.5 Å². The first kappa shape index (κ1) is 47.8. The van der Waals surface area contributed by atoms with Crippen LogP contribution in [0.4, 0.5) is 0 Å². The largest absolute Gasteiger partial charge is 0.462 e. The first-order chi connectivity index (χ1) is 24.5. The minimum absolute atomic E-state index is 0.113. The van der Waals surface area contributed by atoms with Gasteiger partial charge in [0.2, 0.25) is 0 Å². The van der Waals surface area contributed by atoms with Crippen LogP contribution in [0, 0.1) is 0 Å². The number of nitrogens with one attached hydrogen (secondary N) is 1. The molecule has 0 aliphatic carbocycles. The maximum Gasteiger partial charge on any atom is 0.405 e. The number of esters is 2. The molecule has 11 heteroatoms. The summed E-state index contributed by atoms with van der Waals surface area (Å²) in [5.41, 5.74) is 0. The molecule has 0 aromatic rings. The fraction of sp³-hybridized carbons (Fsp3) is 0.949. The first-order valence-corrected chi connectivity index (χ1v) is 24.5. The third-order valence-corrected chi connectivity index (χ3v) is 12.9. The fourth-order valence-electron chi connectivity index (χ4n) is 5.81. The molecule has 1 aliphatic heterocycles. The standard InChI is InChI=1S/C39H76NO7PS2/c1-3-5-7-9-17-23-31-49-33-25-19-13-11-15-21-27-38(41)44-35-37(36-46-48(43)40-29-30-45-48)47-39(42)28-22-16-12-14-20-26-34-50-32-24-18-10-8-6-4-2/h37H,3-36H2,1-2H3,(H,40,43). The summed E-state index contributed by atoms with van der Waals surface area (Å²) >= 11 is 4.19. The monoisotopic (exact) mass is 765 g/mol. The Labute approximate surface area is 316 Å². The summed E-state index contributed by atoms with van der Waals surface area (Å²) in [5.74, 6) is 4.44. The van der Waals surface area contributed by atoms with E-state index in [1.165, 1.54) is 139 Å². The number of carbonyl (C=O) groups excluding carboxylic acids is 2. The highest BCUT2D eigenvalue weighted by molar-refractivity contribution is 7.99. The maximum absolute atomic E-state index is 12.6. The molecule has 50 heavy (non-hydrogen) atoms. The van der Waals surface area contributed by atoms with Crippen molar-refractivity contribution in [2.24, 2.45) is 0 Å². The molecule has 1 saturated heterocycles. The third-order valence-electron chi connectivity index (χ3n) is 8.95. The van der Waals surface area contributed by atoms with Gasteiger partial charge in [-0.15, -0.1) is 0 Å². The Bertz CT molecular complexity index is 828. The van der Waals surface area contributed by atoms with Crippen LogP contribution >= 0.6 is 31.3 Å². The molecule has 0 spiro atoms. The molecule has 0 bridgehead atoms. The minimum Gasteiger partial charge on any atom is -0.462 e. The second-order valence-electron chi connectivity index (χ2n) is 13.8. The van der Waals surface area contributed by atoms with Crippen molar-refractivity contribution in [3.8, 4) is 0 Å². The Kier molecular flexibility index (Phi) is 34.2. The predicted molar refractivity (Wildman–Crippen MR) is 214 cm³/mol. The lowest BCUT2D eigenvalue weighted by atomic mass is 10.1. The van der Waals surface area contributed by atoms with Gasteiger partial charge in [0, 0.05) is 19.4 Å². The normalized spacial score (nSPS) is 16.5. The number of thioether (sulfide) groups is 2. The molecule has 1 heterocycles. The van der Waals surface area contributed by atoms with E-state index in [2.05, 4.69) is 42.5 Å². The van der Waals surface area contributed by atoms with Gasteiger partial charge in [-0.3, -0.25) is 18.6 Å². The molecular weight excluding hydrogens is 690 g/mol. The molecule has 2 atom stereocenters. The topological polar surface area (TPSA) is 100 Å². The van der Waals surface area contributed by atoms with Crippen LogP contribution in [0.2, 0.25) is 0 Å². The molecule has 0 aromatic carbocycles. The van der Waals surface area contributed by atoms with Crippen molar-refractivity contribution in [1.82, 2.24) is 5.09 Å². The third kappa shape index (κ3) is 31.3. The van der Waals surface area contributed by atoms with E-state index >= 15 is 0 Å². The molecule has 0 radical (unpaired) electrons. The zero-order chi connectivity index (χ0) is 36.2. The van der Waals surface area contributed by atoms with Crippen LogP contribution in [0.1, 0.15) is 181 Å². The van der Waals surface area contributed by atoms with Gasteiger partial charge in [-0.1, -0.05) is 129 Å². The maximum atomic E-state index is 12.6. The SMILES string of the molecule is CCCCCCCCSCCCCCCCCC(=O)OCC(COP1(=O)NCCO1)OC(=O)CCCCCCCCSCCCCCCCC. The van der Waals surface area contributed by atoms with Crippen LogP contribution in [-0.4, -0.2) is 67.4 Å². The van der Waals surface area contributed by atoms with E-state index in [-0.39, 0.29) is 25.2 Å².